The smallest absolute Gasteiger partial charge is 0.266 e. The van der Waals surface area contributed by atoms with E-state index in [1.54, 1.807) is 44.2 Å². The zero-order valence-corrected chi connectivity index (χ0v) is 19.8. The number of nitrogens with zero attached hydrogens (tertiary/aromatic N) is 2. The van der Waals surface area contributed by atoms with Crippen LogP contribution in [-0.2, 0) is 4.79 Å². The highest BCUT2D eigenvalue weighted by Gasteiger charge is 2.23. The van der Waals surface area contributed by atoms with Crippen LogP contribution in [0.4, 0.5) is 11.4 Å². The van der Waals surface area contributed by atoms with Gasteiger partial charge in [-0.25, -0.2) is 4.98 Å². The number of hydrogen-bond acceptors (Lipinski definition) is 5. The van der Waals surface area contributed by atoms with E-state index < -0.39 is 6.04 Å². The van der Waals surface area contributed by atoms with E-state index in [2.05, 4.69) is 15.6 Å². The highest BCUT2D eigenvalue weighted by molar-refractivity contribution is 7.20. The van der Waals surface area contributed by atoms with Crippen molar-refractivity contribution in [1.29, 1.82) is 0 Å². The third-order valence-electron chi connectivity index (χ3n) is 5.35. The molecule has 168 valence electrons. The molecule has 0 saturated carbocycles. The molecule has 7 nitrogen and oxygen atoms in total. The van der Waals surface area contributed by atoms with E-state index in [9.17, 15) is 14.4 Å². The number of fused-ring (bicyclic) bond motifs is 1. The Labute approximate surface area is 199 Å². The highest BCUT2D eigenvalue weighted by Crippen LogP contribution is 2.28. The van der Waals surface area contributed by atoms with Crippen LogP contribution >= 0.6 is 22.9 Å². The van der Waals surface area contributed by atoms with Crippen LogP contribution in [0.2, 0.25) is 5.02 Å². The lowest BCUT2D eigenvalue weighted by atomic mass is 10.2. The zero-order valence-electron chi connectivity index (χ0n) is 18.2. The third kappa shape index (κ3) is 4.53. The number of benzene rings is 2. The molecule has 1 atom stereocenters. The Bertz CT molecular complexity index is 1430. The summed E-state index contributed by atoms with van der Waals surface area (Å²) >= 11 is 7.28. The second-order valence-corrected chi connectivity index (χ2v) is 9.05. The number of carbonyl (C=O) groups excluding carboxylic acids is 2. The summed E-state index contributed by atoms with van der Waals surface area (Å²) in [5, 5.41) is 6.48. The van der Waals surface area contributed by atoms with Crippen molar-refractivity contribution in [2.24, 2.45) is 0 Å². The molecule has 0 aliphatic rings. The van der Waals surface area contributed by atoms with Crippen LogP contribution < -0.4 is 16.2 Å². The van der Waals surface area contributed by atoms with Crippen LogP contribution in [-0.4, -0.2) is 21.4 Å². The fourth-order valence-corrected chi connectivity index (χ4v) is 4.60. The molecule has 0 aliphatic heterocycles. The lowest BCUT2D eigenvalue weighted by Crippen LogP contribution is -2.31. The van der Waals surface area contributed by atoms with Gasteiger partial charge in [0.2, 0.25) is 5.91 Å². The summed E-state index contributed by atoms with van der Waals surface area (Å²) in [7, 11) is 0. The first-order valence-corrected chi connectivity index (χ1v) is 11.4. The molecule has 0 spiro atoms. The van der Waals surface area contributed by atoms with Gasteiger partial charge < -0.3 is 10.6 Å². The van der Waals surface area contributed by atoms with E-state index in [0.29, 0.717) is 37.1 Å². The number of hydrogen-bond donors (Lipinski definition) is 2. The Kier molecular flexibility index (Phi) is 6.31. The number of amides is 2. The van der Waals surface area contributed by atoms with Gasteiger partial charge in [0.05, 0.1) is 16.6 Å². The molecule has 0 bridgehead atoms. The third-order valence-corrected chi connectivity index (χ3v) is 6.96. The van der Waals surface area contributed by atoms with Crippen molar-refractivity contribution < 1.29 is 9.59 Å². The van der Waals surface area contributed by atoms with E-state index in [-0.39, 0.29) is 17.4 Å². The molecule has 33 heavy (non-hydrogen) atoms. The van der Waals surface area contributed by atoms with Gasteiger partial charge in [-0.3, -0.25) is 19.0 Å². The first-order valence-electron chi connectivity index (χ1n) is 10.2. The topological polar surface area (TPSA) is 93.1 Å². The zero-order chi connectivity index (χ0) is 23.7. The summed E-state index contributed by atoms with van der Waals surface area (Å²) in [5.41, 5.74) is 2.25. The van der Waals surface area contributed by atoms with Crippen molar-refractivity contribution >= 4 is 56.3 Å². The molecule has 1 unspecified atom stereocenters. The maximum atomic E-state index is 13.2. The van der Waals surface area contributed by atoms with Crippen LogP contribution in [0.3, 0.4) is 0 Å². The van der Waals surface area contributed by atoms with Crippen molar-refractivity contribution in [3.63, 3.8) is 0 Å². The van der Waals surface area contributed by atoms with Gasteiger partial charge in [0.1, 0.15) is 10.9 Å². The normalized spacial score (nSPS) is 11.9. The molecule has 2 aromatic carbocycles. The Hall–Kier alpha value is -3.49. The first kappa shape index (κ1) is 22.7. The fourth-order valence-electron chi connectivity index (χ4n) is 3.38. The largest absolute Gasteiger partial charge is 0.324 e. The summed E-state index contributed by atoms with van der Waals surface area (Å²) in [6, 6.07) is 13.5. The number of rotatable bonds is 5. The van der Waals surface area contributed by atoms with Crippen LogP contribution in [0.1, 0.15) is 33.8 Å². The number of thiophene rings is 1. The molecule has 0 aliphatic carbocycles. The predicted octanol–water partition coefficient (Wildman–Crippen LogP) is 5.18. The van der Waals surface area contributed by atoms with Gasteiger partial charge in [0.25, 0.3) is 11.5 Å². The van der Waals surface area contributed by atoms with Gasteiger partial charge in [0.15, 0.2) is 0 Å². The number of anilines is 2. The minimum atomic E-state index is -0.824. The second-order valence-electron chi connectivity index (χ2n) is 7.64. The number of carbonyl (C=O) groups is 2. The molecule has 2 amide bonds. The molecule has 2 N–H and O–H groups in total. The molecule has 2 heterocycles. The Morgan fingerprint density at radius 2 is 1.79 bits per heavy atom. The molecular formula is C24H21ClN4O3S. The van der Waals surface area contributed by atoms with Crippen molar-refractivity contribution in [3.8, 4) is 0 Å². The number of para-hydroxylation sites is 1. The summed E-state index contributed by atoms with van der Waals surface area (Å²) in [6.07, 6.45) is 1.34. The van der Waals surface area contributed by atoms with Gasteiger partial charge in [-0.05, 0) is 56.2 Å². The molecule has 4 rings (SSSR count). The minimum Gasteiger partial charge on any atom is -0.324 e. The van der Waals surface area contributed by atoms with E-state index in [4.69, 9.17) is 11.6 Å². The van der Waals surface area contributed by atoms with Gasteiger partial charge in [0, 0.05) is 16.4 Å². The molecule has 0 radical (unpaired) electrons. The average molecular weight is 481 g/mol. The summed E-state index contributed by atoms with van der Waals surface area (Å²) in [5.74, 6) is -0.692. The Morgan fingerprint density at radius 1 is 1.06 bits per heavy atom. The summed E-state index contributed by atoms with van der Waals surface area (Å²) < 4.78 is 1.27. The van der Waals surface area contributed by atoms with Crippen LogP contribution in [0.25, 0.3) is 10.2 Å². The molecule has 0 fully saturated rings. The number of halogens is 1. The lowest BCUT2D eigenvalue weighted by Gasteiger charge is -2.15. The van der Waals surface area contributed by atoms with Crippen LogP contribution in [0.15, 0.2) is 59.7 Å². The van der Waals surface area contributed by atoms with Crippen molar-refractivity contribution in [1.82, 2.24) is 9.55 Å². The van der Waals surface area contributed by atoms with E-state index in [1.165, 1.54) is 10.9 Å². The molecule has 9 heteroatoms. The van der Waals surface area contributed by atoms with Gasteiger partial charge in [-0.2, -0.15) is 0 Å². The number of aromatic nitrogens is 2. The monoisotopic (exact) mass is 480 g/mol. The quantitative estimate of drug-likeness (QED) is 0.411. The van der Waals surface area contributed by atoms with Crippen molar-refractivity contribution in [2.45, 2.75) is 26.8 Å². The van der Waals surface area contributed by atoms with Crippen LogP contribution in [0.5, 0.6) is 0 Å². The number of aryl methyl sites for hydroxylation is 2. The first-order chi connectivity index (χ1) is 15.8. The molecule has 2 aromatic heterocycles. The standard InChI is InChI=1S/C24H21ClN4O3S/c1-13-9-10-17(11-18(13)25)28-21(30)15(3)29-12-26-23-19(24(29)32)14(2)20(33-23)22(31)27-16-7-5-4-6-8-16/h4-12,15H,1-3H3,(H,27,31)(H,28,30). The predicted molar refractivity (Wildman–Crippen MR) is 133 cm³/mol. The fraction of sp³-hybridized carbons (Fsp3) is 0.167. The maximum absolute atomic E-state index is 13.2. The molecule has 0 saturated heterocycles. The van der Waals surface area contributed by atoms with Crippen molar-refractivity contribution in [3.05, 3.63) is 86.2 Å². The molecular weight excluding hydrogens is 460 g/mol. The SMILES string of the molecule is Cc1ccc(NC(=O)C(C)n2cnc3sc(C(=O)Nc4ccccc4)c(C)c3c2=O)cc1Cl. The van der Waals surface area contributed by atoms with Gasteiger partial charge in [-0.15, -0.1) is 11.3 Å². The summed E-state index contributed by atoms with van der Waals surface area (Å²) in [6.45, 7) is 5.20. The van der Waals surface area contributed by atoms with Gasteiger partial charge in [-0.1, -0.05) is 35.9 Å². The van der Waals surface area contributed by atoms with E-state index in [0.717, 1.165) is 16.9 Å². The van der Waals surface area contributed by atoms with Crippen molar-refractivity contribution in [2.75, 3.05) is 10.6 Å². The highest BCUT2D eigenvalue weighted by atomic mass is 35.5. The van der Waals surface area contributed by atoms with E-state index >= 15 is 0 Å². The Morgan fingerprint density at radius 3 is 2.48 bits per heavy atom. The maximum Gasteiger partial charge on any atom is 0.266 e. The minimum absolute atomic E-state index is 0.310. The van der Waals surface area contributed by atoms with Gasteiger partial charge >= 0.3 is 0 Å². The lowest BCUT2D eigenvalue weighted by molar-refractivity contribution is -0.118. The van der Waals surface area contributed by atoms with Crippen LogP contribution in [0, 0.1) is 13.8 Å². The second kappa shape index (κ2) is 9.17. The summed E-state index contributed by atoms with van der Waals surface area (Å²) in [4.78, 5) is 44.0. The number of nitrogens with one attached hydrogen (secondary N) is 2. The molecule has 4 aromatic rings. The van der Waals surface area contributed by atoms with E-state index in [1.807, 2.05) is 25.1 Å². The Balaban J connectivity index is 1.62. The average Bonchev–Trinajstić information content (AvgIpc) is 3.14.